The van der Waals surface area contributed by atoms with Gasteiger partial charge in [0, 0.05) is 25.8 Å². The lowest BCUT2D eigenvalue weighted by atomic mass is 9.87. The van der Waals surface area contributed by atoms with E-state index in [0.29, 0.717) is 5.92 Å². The van der Waals surface area contributed by atoms with Crippen LogP contribution in [0.1, 0.15) is 67.1 Å². The fourth-order valence-electron chi connectivity index (χ4n) is 4.81. The van der Waals surface area contributed by atoms with Crippen LogP contribution in [0.5, 0.6) is 5.75 Å². The highest BCUT2D eigenvalue weighted by Crippen LogP contribution is 2.31. The number of ether oxygens (including phenoxy) is 1. The van der Waals surface area contributed by atoms with Gasteiger partial charge >= 0.3 is 0 Å². The summed E-state index contributed by atoms with van der Waals surface area (Å²) in [6.07, 6.45) is 6.11. The number of methoxy groups -OCH3 is 1. The second-order valence-corrected chi connectivity index (χ2v) is 9.38. The van der Waals surface area contributed by atoms with Gasteiger partial charge in [-0.05, 0) is 98.8 Å². The van der Waals surface area contributed by atoms with Crippen molar-refractivity contribution >= 4 is 5.91 Å². The van der Waals surface area contributed by atoms with Gasteiger partial charge in [-0.15, -0.1) is 0 Å². The normalized spacial score (nSPS) is 15.8. The highest BCUT2D eigenvalue weighted by Gasteiger charge is 2.22. The van der Waals surface area contributed by atoms with Crippen molar-refractivity contribution < 1.29 is 11.0 Å². The van der Waals surface area contributed by atoms with Crippen LogP contribution in [0.4, 0.5) is 0 Å². The third kappa shape index (κ3) is 5.33. The summed E-state index contributed by atoms with van der Waals surface area (Å²) >= 11 is 0. The Morgan fingerprint density at radius 3 is 2.62 bits per heavy atom. The van der Waals surface area contributed by atoms with Gasteiger partial charge in [-0.25, -0.2) is 0 Å². The molecule has 1 fully saturated rings. The molecule has 0 unspecified atom stereocenters. The Morgan fingerprint density at radius 2 is 1.97 bits per heavy atom. The summed E-state index contributed by atoms with van der Waals surface area (Å²) in [5.41, 5.74) is 6.06. The lowest BCUT2D eigenvalue weighted by Crippen LogP contribution is -2.32. The minimum absolute atomic E-state index is 0. The summed E-state index contributed by atoms with van der Waals surface area (Å²) in [7, 11) is 3.56. The number of benzene rings is 2. The first-order chi connectivity index (χ1) is 16.4. The third-order valence-corrected chi connectivity index (χ3v) is 7.06. The van der Waals surface area contributed by atoms with E-state index in [2.05, 4.69) is 46.5 Å². The monoisotopic (exact) mass is 462 g/mol. The van der Waals surface area contributed by atoms with Gasteiger partial charge in [0.25, 0.3) is 5.91 Å². The predicted octanol–water partition coefficient (Wildman–Crippen LogP) is 5.34. The molecule has 1 aliphatic rings. The summed E-state index contributed by atoms with van der Waals surface area (Å²) in [6, 6.07) is 12.3. The van der Waals surface area contributed by atoms with Crippen LogP contribution in [0, 0.1) is 6.92 Å². The van der Waals surface area contributed by atoms with E-state index < -0.39 is 0 Å². The Labute approximate surface area is 204 Å². The molecule has 182 valence electrons. The summed E-state index contributed by atoms with van der Waals surface area (Å²) in [4.78, 5) is 15.8. The topological polar surface area (TPSA) is 59.4 Å². The number of likely N-dealkylation sites (tertiary alicyclic amines) is 1. The molecule has 0 saturated carbocycles. The Hall–Kier alpha value is -3.12. The Bertz CT molecular complexity index is 1150. The number of aromatic nitrogens is 2. The fraction of sp³-hybridized carbons (Fsp3) is 0.429. The summed E-state index contributed by atoms with van der Waals surface area (Å²) < 4.78 is 7.32. The van der Waals surface area contributed by atoms with Crippen molar-refractivity contribution in [2.75, 3.05) is 26.7 Å². The van der Waals surface area contributed by atoms with E-state index >= 15 is 0 Å². The van der Waals surface area contributed by atoms with Crippen LogP contribution in [-0.4, -0.2) is 47.3 Å². The highest BCUT2D eigenvalue weighted by atomic mass is 16.5. The van der Waals surface area contributed by atoms with E-state index in [4.69, 9.17) is 4.74 Å². The number of carbonyl (C=O) groups excluding carboxylic acids is 1. The minimum Gasteiger partial charge on any atom is -0.497 e. The molecule has 1 amide bonds. The van der Waals surface area contributed by atoms with Crippen molar-refractivity contribution in [3.63, 3.8) is 0 Å². The molecule has 2 aromatic carbocycles. The average molecular weight is 463 g/mol. The first kappa shape index (κ1) is 24.0. The molecule has 0 aliphatic carbocycles. The van der Waals surface area contributed by atoms with Crippen LogP contribution in [0.3, 0.4) is 0 Å². The number of hydrogen-bond donors (Lipinski definition) is 1. The van der Waals surface area contributed by atoms with Gasteiger partial charge in [0.15, 0.2) is 0 Å². The third-order valence-electron chi connectivity index (χ3n) is 7.06. The minimum atomic E-state index is -0.172. The molecular formula is C28H38N4O2. The molecule has 3 aromatic rings. The van der Waals surface area contributed by atoms with E-state index in [1.807, 2.05) is 45.4 Å². The number of amides is 1. The van der Waals surface area contributed by atoms with Crippen molar-refractivity contribution in [2.24, 2.45) is 7.05 Å². The Kier molecular flexibility index (Phi) is 7.37. The van der Waals surface area contributed by atoms with Gasteiger partial charge in [0.2, 0.25) is 0 Å². The molecule has 6 heteroatoms. The second kappa shape index (κ2) is 10.4. The molecule has 2 heterocycles. The average Bonchev–Trinajstić information content (AvgIpc) is 3.30. The van der Waals surface area contributed by atoms with Crippen LogP contribution < -0.4 is 10.1 Å². The molecule has 6 nitrogen and oxygen atoms in total. The number of nitrogens with zero attached hydrogens (tertiary/aromatic N) is 3. The van der Waals surface area contributed by atoms with E-state index in [-0.39, 0.29) is 13.4 Å². The number of nitrogens with one attached hydrogen (secondary N) is 1. The van der Waals surface area contributed by atoms with Gasteiger partial charge < -0.3 is 15.0 Å². The van der Waals surface area contributed by atoms with Gasteiger partial charge in [0.1, 0.15) is 5.75 Å². The number of carbonyl (C=O) groups is 1. The Balaban J connectivity index is 0.00000342. The van der Waals surface area contributed by atoms with Crippen LogP contribution in [0.25, 0.3) is 11.1 Å². The molecule has 1 saturated heterocycles. The van der Waals surface area contributed by atoms with Gasteiger partial charge in [-0.1, -0.05) is 19.1 Å². The molecule has 1 N–H and O–H groups in total. The van der Waals surface area contributed by atoms with Crippen LogP contribution in [0.2, 0.25) is 0 Å². The maximum Gasteiger partial charge on any atom is 0.252 e. The summed E-state index contributed by atoms with van der Waals surface area (Å²) in [5.74, 6) is 1.24. The lowest BCUT2D eigenvalue weighted by Gasteiger charge is -2.31. The zero-order valence-electron chi connectivity index (χ0n) is 21.0. The molecule has 1 aliphatic heterocycles. The highest BCUT2D eigenvalue weighted by molar-refractivity contribution is 5.96. The van der Waals surface area contributed by atoms with Crippen LogP contribution >= 0.6 is 0 Å². The maximum atomic E-state index is 13.3. The van der Waals surface area contributed by atoms with E-state index in [9.17, 15) is 4.79 Å². The Morgan fingerprint density at radius 1 is 1.21 bits per heavy atom. The molecule has 1 atom stereocenters. The first-order valence-electron chi connectivity index (χ1n) is 12.2. The van der Waals surface area contributed by atoms with E-state index in [1.165, 1.54) is 5.56 Å². The smallest absolute Gasteiger partial charge is 0.252 e. The zero-order chi connectivity index (χ0) is 24.2. The molecule has 0 bridgehead atoms. The number of piperidine rings is 1. The SMILES string of the molecule is CCN1CCC(c2ccc(C)c(C(=O)N[C@H](C)c3cc(OC)cc(-c4cnn(C)c4)c3)c2)CC1.[HH]. The van der Waals surface area contributed by atoms with Gasteiger partial charge in [-0.2, -0.15) is 5.10 Å². The quantitative estimate of drug-likeness (QED) is 0.515. The summed E-state index contributed by atoms with van der Waals surface area (Å²) in [5, 5.41) is 7.49. The van der Waals surface area contributed by atoms with Gasteiger partial charge in [-0.3, -0.25) is 9.48 Å². The molecule has 0 radical (unpaired) electrons. The molecule has 4 rings (SSSR count). The van der Waals surface area contributed by atoms with Crippen LogP contribution in [0.15, 0.2) is 48.8 Å². The lowest BCUT2D eigenvalue weighted by molar-refractivity contribution is 0.0939. The molecular weight excluding hydrogens is 424 g/mol. The second-order valence-electron chi connectivity index (χ2n) is 9.38. The van der Waals surface area contributed by atoms with Crippen molar-refractivity contribution in [2.45, 2.75) is 45.6 Å². The van der Waals surface area contributed by atoms with Crippen molar-refractivity contribution in [1.29, 1.82) is 0 Å². The van der Waals surface area contributed by atoms with Crippen molar-refractivity contribution in [3.05, 3.63) is 71.0 Å². The van der Waals surface area contributed by atoms with Crippen LogP contribution in [-0.2, 0) is 7.05 Å². The number of rotatable bonds is 7. The summed E-state index contributed by atoms with van der Waals surface area (Å²) in [6.45, 7) is 9.61. The molecule has 34 heavy (non-hydrogen) atoms. The fourth-order valence-corrected chi connectivity index (χ4v) is 4.81. The number of aryl methyl sites for hydroxylation is 2. The first-order valence-corrected chi connectivity index (χ1v) is 12.2. The standard InChI is InChI=1S/C28H36N4O2.H2/c1-6-32-11-9-21(10-12-32)22-8-7-19(2)27(16-22)28(33)30-20(3)23-13-24(15-26(14-23)34-5)25-17-29-31(4)18-25;/h7-8,13-18,20-21H,6,9-12H2,1-5H3,(H,30,33);1H/t20-;/m1./s1. The van der Waals surface area contributed by atoms with Crippen molar-refractivity contribution in [3.8, 4) is 16.9 Å². The largest absolute Gasteiger partial charge is 0.497 e. The van der Waals surface area contributed by atoms with E-state index in [0.717, 1.165) is 66.0 Å². The predicted molar refractivity (Wildman–Crippen MR) is 138 cm³/mol. The molecule has 1 aromatic heterocycles. The number of hydrogen-bond acceptors (Lipinski definition) is 4. The van der Waals surface area contributed by atoms with E-state index in [1.54, 1.807) is 11.8 Å². The molecule has 0 spiro atoms. The zero-order valence-corrected chi connectivity index (χ0v) is 21.0. The maximum absolute atomic E-state index is 13.3. The van der Waals surface area contributed by atoms with Crippen molar-refractivity contribution in [1.82, 2.24) is 20.0 Å². The van der Waals surface area contributed by atoms with Gasteiger partial charge in [0.05, 0.1) is 19.3 Å².